The van der Waals surface area contributed by atoms with Crippen molar-refractivity contribution in [3.63, 3.8) is 0 Å². The highest BCUT2D eigenvalue weighted by Gasteiger charge is 2.15. The Bertz CT molecular complexity index is 414. The molecule has 21 heavy (non-hydrogen) atoms. The molecule has 0 saturated heterocycles. The molecule has 0 spiro atoms. The number of nitrogen functional groups attached to an aromatic ring is 1. The largest absolute Gasteiger partial charge is 0.463 e. The van der Waals surface area contributed by atoms with Crippen LogP contribution in [0.3, 0.4) is 0 Å². The van der Waals surface area contributed by atoms with E-state index in [-0.39, 0.29) is 18.0 Å². The summed E-state index contributed by atoms with van der Waals surface area (Å²) in [5, 5.41) is 3.34. The Labute approximate surface area is 127 Å². The molecule has 0 bridgehead atoms. The molecule has 1 rings (SSSR count). The molecule has 0 aliphatic rings. The van der Waals surface area contributed by atoms with Crippen molar-refractivity contribution >= 4 is 11.9 Å². The zero-order valence-electron chi connectivity index (χ0n) is 13.8. The Morgan fingerprint density at radius 1 is 1.24 bits per heavy atom. The lowest BCUT2D eigenvalue weighted by Gasteiger charge is -2.24. The van der Waals surface area contributed by atoms with Gasteiger partial charge in [0.25, 0.3) is 0 Å². The van der Waals surface area contributed by atoms with Crippen LogP contribution in [-0.2, 0) is 0 Å². The number of anilines is 2. The number of aromatic nitrogens is 3. The number of hydrogen-bond acceptors (Lipinski definition) is 7. The highest BCUT2D eigenvalue weighted by molar-refractivity contribution is 5.33. The van der Waals surface area contributed by atoms with Gasteiger partial charge in [-0.25, -0.2) is 0 Å². The molecular weight excluding hydrogens is 268 g/mol. The summed E-state index contributed by atoms with van der Waals surface area (Å²) in [6.07, 6.45) is 1.92. The molecule has 0 aromatic carbocycles. The van der Waals surface area contributed by atoms with Gasteiger partial charge in [-0.15, -0.1) is 0 Å². The molecule has 0 fully saturated rings. The van der Waals surface area contributed by atoms with Crippen LogP contribution < -0.4 is 15.8 Å². The van der Waals surface area contributed by atoms with Gasteiger partial charge in [0.05, 0.1) is 6.61 Å². The molecule has 0 amide bonds. The zero-order chi connectivity index (χ0) is 15.8. The number of rotatable bonds is 9. The molecule has 0 radical (unpaired) electrons. The van der Waals surface area contributed by atoms with Crippen molar-refractivity contribution in [3.05, 3.63) is 0 Å². The Morgan fingerprint density at radius 3 is 2.52 bits per heavy atom. The van der Waals surface area contributed by atoms with Crippen molar-refractivity contribution in [1.82, 2.24) is 19.9 Å². The number of ether oxygens (including phenoxy) is 1. The second-order valence-corrected chi connectivity index (χ2v) is 5.88. The molecule has 0 aliphatic carbocycles. The Balaban J connectivity index is 2.78. The molecule has 7 heteroatoms. The lowest BCUT2D eigenvalue weighted by atomic mass is 10.0. The fraction of sp³-hybridized carbons (Fsp3) is 0.786. The highest BCUT2D eigenvalue weighted by atomic mass is 16.5. The van der Waals surface area contributed by atoms with Crippen LogP contribution in [0.5, 0.6) is 6.01 Å². The zero-order valence-corrected chi connectivity index (χ0v) is 13.8. The summed E-state index contributed by atoms with van der Waals surface area (Å²) < 4.78 is 5.43. The first-order valence-corrected chi connectivity index (χ1v) is 7.46. The van der Waals surface area contributed by atoms with Gasteiger partial charge in [-0.2, -0.15) is 15.0 Å². The number of hydrogen-bond donors (Lipinski definition) is 2. The topological polar surface area (TPSA) is 89.2 Å². The SMILES string of the molecule is CCCOc1nc(N)nc(NC(CC(C)C)CN(C)C)n1. The lowest BCUT2D eigenvalue weighted by Crippen LogP contribution is -2.34. The molecule has 1 aromatic rings. The van der Waals surface area contributed by atoms with Crippen LogP contribution in [0.4, 0.5) is 11.9 Å². The third-order valence-electron chi connectivity index (χ3n) is 2.74. The molecule has 120 valence electrons. The maximum atomic E-state index is 5.72. The van der Waals surface area contributed by atoms with Gasteiger partial charge in [0.1, 0.15) is 0 Å². The monoisotopic (exact) mass is 296 g/mol. The number of nitrogens with zero attached hydrogens (tertiary/aromatic N) is 4. The molecule has 3 N–H and O–H groups in total. The normalized spacial score (nSPS) is 12.7. The first kappa shape index (κ1) is 17.4. The van der Waals surface area contributed by atoms with Gasteiger partial charge in [-0.05, 0) is 32.9 Å². The maximum Gasteiger partial charge on any atom is 0.323 e. The van der Waals surface area contributed by atoms with Crippen molar-refractivity contribution in [1.29, 1.82) is 0 Å². The fourth-order valence-electron chi connectivity index (χ4n) is 2.07. The highest BCUT2D eigenvalue weighted by Crippen LogP contribution is 2.14. The third kappa shape index (κ3) is 7.08. The van der Waals surface area contributed by atoms with E-state index in [9.17, 15) is 0 Å². The quantitative estimate of drug-likeness (QED) is 0.716. The van der Waals surface area contributed by atoms with Crippen LogP contribution in [0.2, 0.25) is 0 Å². The molecule has 7 nitrogen and oxygen atoms in total. The maximum absolute atomic E-state index is 5.72. The fourth-order valence-corrected chi connectivity index (χ4v) is 2.07. The smallest absolute Gasteiger partial charge is 0.323 e. The summed E-state index contributed by atoms with van der Waals surface area (Å²) in [6, 6.07) is 0.529. The van der Waals surface area contributed by atoms with E-state index in [0.29, 0.717) is 18.5 Å². The predicted molar refractivity (Wildman–Crippen MR) is 85.4 cm³/mol. The van der Waals surface area contributed by atoms with Gasteiger partial charge in [0.15, 0.2) is 0 Å². The summed E-state index contributed by atoms with van der Waals surface area (Å²) in [7, 11) is 4.10. The summed E-state index contributed by atoms with van der Waals surface area (Å²) in [4.78, 5) is 14.5. The first-order valence-electron chi connectivity index (χ1n) is 7.46. The second kappa shape index (κ2) is 8.61. The van der Waals surface area contributed by atoms with E-state index in [1.165, 1.54) is 0 Å². The summed E-state index contributed by atoms with van der Waals surface area (Å²) >= 11 is 0. The molecular formula is C14H28N6O. The van der Waals surface area contributed by atoms with E-state index in [1.54, 1.807) is 0 Å². The molecule has 0 saturated carbocycles. The van der Waals surface area contributed by atoms with E-state index in [0.717, 1.165) is 19.4 Å². The van der Waals surface area contributed by atoms with E-state index in [2.05, 4.69) is 39.0 Å². The van der Waals surface area contributed by atoms with Gasteiger partial charge >= 0.3 is 6.01 Å². The van der Waals surface area contributed by atoms with Crippen LogP contribution in [0.25, 0.3) is 0 Å². The van der Waals surface area contributed by atoms with E-state index in [4.69, 9.17) is 10.5 Å². The number of nitrogens with one attached hydrogen (secondary N) is 1. The van der Waals surface area contributed by atoms with Gasteiger partial charge in [-0.3, -0.25) is 0 Å². The van der Waals surface area contributed by atoms with Gasteiger partial charge < -0.3 is 20.7 Å². The molecule has 1 unspecified atom stereocenters. The van der Waals surface area contributed by atoms with Crippen molar-refractivity contribution in [2.24, 2.45) is 5.92 Å². The van der Waals surface area contributed by atoms with E-state index < -0.39 is 0 Å². The molecule has 0 aliphatic heterocycles. The second-order valence-electron chi connectivity index (χ2n) is 5.88. The minimum absolute atomic E-state index is 0.173. The summed E-state index contributed by atoms with van der Waals surface area (Å²) in [6.45, 7) is 7.88. The first-order chi connectivity index (χ1) is 9.90. The van der Waals surface area contributed by atoms with Crippen LogP contribution in [-0.4, -0.2) is 53.1 Å². The molecule has 1 atom stereocenters. The van der Waals surface area contributed by atoms with Crippen molar-refractivity contribution in [3.8, 4) is 6.01 Å². The molecule has 1 heterocycles. The average molecular weight is 296 g/mol. The third-order valence-corrected chi connectivity index (χ3v) is 2.74. The Kier molecular flexibility index (Phi) is 7.14. The minimum atomic E-state index is 0.173. The Morgan fingerprint density at radius 2 is 1.95 bits per heavy atom. The summed E-state index contributed by atoms with van der Waals surface area (Å²) in [5.41, 5.74) is 5.72. The van der Waals surface area contributed by atoms with Gasteiger partial charge in [0.2, 0.25) is 11.9 Å². The lowest BCUT2D eigenvalue weighted by molar-refractivity contribution is 0.292. The predicted octanol–water partition coefficient (Wildman–Crippen LogP) is 1.63. The van der Waals surface area contributed by atoms with Crippen LogP contribution in [0, 0.1) is 5.92 Å². The van der Waals surface area contributed by atoms with Crippen molar-refractivity contribution in [2.45, 2.75) is 39.7 Å². The van der Waals surface area contributed by atoms with E-state index >= 15 is 0 Å². The van der Waals surface area contributed by atoms with Crippen molar-refractivity contribution in [2.75, 3.05) is 38.3 Å². The van der Waals surface area contributed by atoms with Gasteiger partial charge in [-0.1, -0.05) is 20.8 Å². The average Bonchev–Trinajstić information content (AvgIpc) is 2.33. The molecule has 1 aromatic heterocycles. The van der Waals surface area contributed by atoms with Crippen LogP contribution in [0.15, 0.2) is 0 Å². The van der Waals surface area contributed by atoms with E-state index in [1.807, 2.05) is 21.0 Å². The summed E-state index contributed by atoms with van der Waals surface area (Å²) in [5.74, 6) is 1.23. The van der Waals surface area contributed by atoms with Crippen LogP contribution >= 0.6 is 0 Å². The van der Waals surface area contributed by atoms with Crippen LogP contribution in [0.1, 0.15) is 33.6 Å². The van der Waals surface area contributed by atoms with Gasteiger partial charge in [0, 0.05) is 12.6 Å². The van der Waals surface area contributed by atoms with Crippen molar-refractivity contribution < 1.29 is 4.74 Å². The standard InChI is InChI=1S/C14H28N6O/c1-6-7-21-14-18-12(15)17-13(19-14)16-11(8-10(2)3)9-20(4)5/h10-11H,6-9H2,1-5H3,(H3,15,16,17,18,19). The number of likely N-dealkylation sites (N-methyl/N-ethyl adjacent to an activating group) is 1. The Hall–Kier alpha value is -1.63. The number of nitrogens with two attached hydrogens (primary N) is 1. The minimum Gasteiger partial charge on any atom is -0.463 e.